The summed E-state index contributed by atoms with van der Waals surface area (Å²) < 4.78 is 0. The van der Waals surface area contributed by atoms with Crippen LogP contribution in [0, 0.1) is 5.41 Å². The Morgan fingerprint density at radius 2 is 1.74 bits per heavy atom. The molecule has 4 amide bonds. The van der Waals surface area contributed by atoms with Crippen molar-refractivity contribution in [2.24, 2.45) is 5.41 Å². The fourth-order valence-electron chi connectivity index (χ4n) is 3.96. The van der Waals surface area contributed by atoms with Gasteiger partial charge in [-0.15, -0.1) is 11.3 Å². The molecule has 0 aliphatic carbocycles. The molecule has 4 rings (SSSR count). The van der Waals surface area contributed by atoms with Crippen LogP contribution in [0.25, 0.3) is 10.8 Å². The van der Waals surface area contributed by atoms with Crippen molar-refractivity contribution < 1.29 is 19.2 Å². The summed E-state index contributed by atoms with van der Waals surface area (Å²) >= 11 is 1.24. The molecule has 8 heteroatoms. The average molecular weight is 478 g/mol. The van der Waals surface area contributed by atoms with Crippen molar-refractivity contribution in [1.82, 2.24) is 15.5 Å². The number of imide groups is 1. The number of carbonyl (C=O) groups is 4. The maximum Gasteiger partial charge on any atom is 0.325 e. The van der Waals surface area contributed by atoms with Crippen molar-refractivity contribution in [2.45, 2.75) is 39.8 Å². The molecule has 0 spiro atoms. The van der Waals surface area contributed by atoms with E-state index < -0.39 is 22.9 Å². The topological polar surface area (TPSA) is 95.6 Å². The first kappa shape index (κ1) is 23.6. The first-order chi connectivity index (χ1) is 16.0. The summed E-state index contributed by atoms with van der Waals surface area (Å²) in [7, 11) is 0. The lowest BCUT2D eigenvalue weighted by atomic mass is 9.88. The maximum absolute atomic E-state index is 13.4. The summed E-state index contributed by atoms with van der Waals surface area (Å²) in [5.74, 6) is -0.874. The van der Waals surface area contributed by atoms with Gasteiger partial charge in [0.15, 0.2) is 5.78 Å². The predicted octanol–water partition coefficient (Wildman–Crippen LogP) is 4.21. The Morgan fingerprint density at radius 3 is 2.47 bits per heavy atom. The molecule has 34 heavy (non-hydrogen) atoms. The molecule has 1 saturated heterocycles. The molecule has 1 fully saturated rings. The number of nitrogens with zero attached hydrogens (tertiary/aromatic N) is 1. The number of nitrogens with one attached hydrogen (secondary N) is 2. The molecule has 0 bridgehead atoms. The summed E-state index contributed by atoms with van der Waals surface area (Å²) in [4.78, 5) is 53.3. The van der Waals surface area contributed by atoms with E-state index in [1.54, 1.807) is 19.1 Å². The minimum atomic E-state index is -1.27. The van der Waals surface area contributed by atoms with Crippen LogP contribution in [-0.4, -0.2) is 35.1 Å². The molecule has 7 nitrogen and oxygen atoms in total. The van der Waals surface area contributed by atoms with Gasteiger partial charge in [0, 0.05) is 10.3 Å². The van der Waals surface area contributed by atoms with Crippen LogP contribution in [0.15, 0.2) is 54.6 Å². The highest BCUT2D eigenvalue weighted by atomic mass is 32.1. The Bertz CT molecular complexity index is 1300. The smallest absolute Gasteiger partial charge is 0.325 e. The standard InChI is InChI=1S/C26H27N3O4S/c1-25(2,3)22(31)27-14-17-12-13-21(34-17)20(30)15-29-23(32)26(4,28-24(29)33)19-11-7-9-16-8-5-6-10-18(16)19/h5-13H,14-15H2,1-4H3,(H,27,31)(H,28,33)/t26-/m0/s1. The lowest BCUT2D eigenvalue weighted by Gasteiger charge is -2.24. The van der Waals surface area contributed by atoms with Crippen molar-refractivity contribution >= 4 is 45.7 Å². The molecule has 2 N–H and O–H groups in total. The van der Waals surface area contributed by atoms with Crippen LogP contribution in [0.4, 0.5) is 4.79 Å². The number of ketones is 1. The molecule has 0 saturated carbocycles. The number of hydrogen-bond donors (Lipinski definition) is 2. The zero-order chi connectivity index (χ0) is 24.7. The zero-order valence-electron chi connectivity index (χ0n) is 19.6. The number of hydrogen-bond acceptors (Lipinski definition) is 5. The molecule has 1 atom stereocenters. The molecule has 0 radical (unpaired) electrons. The van der Waals surface area contributed by atoms with Crippen LogP contribution in [0.2, 0.25) is 0 Å². The monoisotopic (exact) mass is 477 g/mol. The molecule has 3 aromatic rings. The van der Waals surface area contributed by atoms with Crippen LogP contribution in [-0.2, 0) is 21.7 Å². The van der Waals surface area contributed by atoms with E-state index in [1.807, 2.05) is 63.2 Å². The molecule has 1 aliphatic rings. The van der Waals surface area contributed by atoms with Gasteiger partial charge in [0.25, 0.3) is 5.91 Å². The predicted molar refractivity (Wildman–Crippen MR) is 131 cm³/mol. The summed E-state index contributed by atoms with van der Waals surface area (Å²) in [6.45, 7) is 7.12. The highest BCUT2D eigenvalue weighted by molar-refractivity contribution is 7.14. The maximum atomic E-state index is 13.4. The molecular weight excluding hydrogens is 450 g/mol. The minimum absolute atomic E-state index is 0.0826. The van der Waals surface area contributed by atoms with E-state index in [9.17, 15) is 19.2 Å². The van der Waals surface area contributed by atoms with Gasteiger partial charge in [0.1, 0.15) is 5.54 Å². The third-order valence-corrected chi connectivity index (χ3v) is 7.07. The number of amides is 4. The molecule has 1 aromatic heterocycles. The van der Waals surface area contributed by atoms with Crippen LogP contribution >= 0.6 is 11.3 Å². The second kappa shape index (κ2) is 8.68. The van der Waals surface area contributed by atoms with Gasteiger partial charge in [0.05, 0.1) is 18.0 Å². The third kappa shape index (κ3) is 4.33. The van der Waals surface area contributed by atoms with Crippen molar-refractivity contribution in [3.8, 4) is 0 Å². The van der Waals surface area contributed by atoms with Crippen molar-refractivity contribution in [3.63, 3.8) is 0 Å². The van der Waals surface area contributed by atoms with Gasteiger partial charge in [-0.25, -0.2) is 4.79 Å². The molecule has 176 valence electrons. The number of rotatable bonds is 6. The van der Waals surface area contributed by atoms with E-state index in [-0.39, 0.29) is 18.2 Å². The van der Waals surface area contributed by atoms with Crippen LogP contribution < -0.4 is 10.6 Å². The Labute approximate surface area is 202 Å². The Hall–Kier alpha value is -3.52. The molecular formula is C26H27N3O4S. The van der Waals surface area contributed by atoms with E-state index in [0.29, 0.717) is 17.0 Å². The first-order valence-corrected chi connectivity index (χ1v) is 11.8. The van der Waals surface area contributed by atoms with E-state index in [0.717, 1.165) is 20.5 Å². The van der Waals surface area contributed by atoms with Crippen LogP contribution in [0.5, 0.6) is 0 Å². The lowest BCUT2D eigenvalue weighted by Crippen LogP contribution is -2.41. The number of urea groups is 1. The number of thiophene rings is 1. The van der Waals surface area contributed by atoms with E-state index in [1.165, 1.54) is 11.3 Å². The number of Topliss-reactive ketones (excluding diaryl/α,β-unsaturated/α-hetero) is 1. The fourth-order valence-corrected chi connectivity index (χ4v) is 4.84. The van der Waals surface area contributed by atoms with Gasteiger partial charge in [-0.3, -0.25) is 19.3 Å². The minimum Gasteiger partial charge on any atom is -0.351 e. The molecule has 2 aromatic carbocycles. The van der Waals surface area contributed by atoms with E-state index in [4.69, 9.17) is 0 Å². The van der Waals surface area contributed by atoms with Crippen molar-refractivity contribution in [2.75, 3.05) is 6.54 Å². The number of carbonyl (C=O) groups excluding carboxylic acids is 4. The number of benzene rings is 2. The largest absolute Gasteiger partial charge is 0.351 e. The molecule has 2 heterocycles. The van der Waals surface area contributed by atoms with Gasteiger partial charge < -0.3 is 10.6 Å². The van der Waals surface area contributed by atoms with Crippen molar-refractivity contribution in [3.05, 3.63) is 69.9 Å². The summed E-state index contributed by atoms with van der Waals surface area (Å²) in [5.41, 5.74) is -1.08. The molecule has 0 unspecified atom stereocenters. The molecule has 1 aliphatic heterocycles. The summed E-state index contributed by atoms with van der Waals surface area (Å²) in [5, 5.41) is 7.47. The van der Waals surface area contributed by atoms with E-state index >= 15 is 0 Å². The fraction of sp³-hybridized carbons (Fsp3) is 0.308. The van der Waals surface area contributed by atoms with Crippen LogP contribution in [0.3, 0.4) is 0 Å². The summed E-state index contributed by atoms with van der Waals surface area (Å²) in [6.07, 6.45) is 0. The lowest BCUT2D eigenvalue weighted by molar-refractivity contribution is -0.130. The Kier molecular flexibility index (Phi) is 6.03. The second-order valence-corrected chi connectivity index (χ2v) is 10.8. The SMILES string of the molecule is CC(C)(C)C(=O)NCc1ccc(C(=O)CN2C(=O)N[C@@](C)(c3cccc4ccccc34)C2=O)s1. The van der Waals surface area contributed by atoms with Crippen LogP contribution in [0.1, 0.15) is 47.8 Å². The van der Waals surface area contributed by atoms with Gasteiger partial charge in [-0.2, -0.15) is 0 Å². The third-order valence-electron chi connectivity index (χ3n) is 5.95. The highest BCUT2D eigenvalue weighted by Gasteiger charge is 2.50. The van der Waals surface area contributed by atoms with Gasteiger partial charge in [-0.1, -0.05) is 63.2 Å². The number of fused-ring (bicyclic) bond motifs is 1. The van der Waals surface area contributed by atoms with Gasteiger partial charge in [0.2, 0.25) is 5.91 Å². The zero-order valence-corrected chi connectivity index (χ0v) is 20.4. The van der Waals surface area contributed by atoms with E-state index in [2.05, 4.69) is 10.6 Å². The van der Waals surface area contributed by atoms with Gasteiger partial charge in [-0.05, 0) is 35.4 Å². The van der Waals surface area contributed by atoms with Crippen molar-refractivity contribution in [1.29, 1.82) is 0 Å². The van der Waals surface area contributed by atoms with Gasteiger partial charge >= 0.3 is 6.03 Å². The Morgan fingerprint density at radius 1 is 1.03 bits per heavy atom. The quantitative estimate of drug-likeness (QED) is 0.411. The summed E-state index contributed by atoms with van der Waals surface area (Å²) in [6, 6.07) is 16.1. The average Bonchev–Trinajstić information content (AvgIpc) is 3.35. The first-order valence-electron chi connectivity index (χ1n) is 11.0. The highest BCUT2D eigenvalue weighted by Crippen LogP contribution is 2.34. The Balaban J connectivity index is 1.49. The normalized spacial score (nSPS) is 18.3. The second-order valence-electron chi connectivity index (χ2n) is 9.59.